The smallest absolute Gasteiger partial charge is 0.334 e. The summed E-state index contributed by atoms with van der Waals surface area (Å²) in [5.41, 5.74) is 0. The number of carboxylic acid groups (broad SMARTS) is 1. The lowest BCUT2D eigenvalue weighted by atomic mass is 10.3. The minimum atomic E-state index is -1.55. The molecule has 0 aliphatic heterocycles. The van der Waals surface area contributed by atoms with Gasteiger partial charge in [-0.05, 0) is 12.1 Å². The first-order valence-corrected chi connectivity index (χ1v) is 6.43. The molecule has 0 aliphatic rings. The number of nitrogens with one attached hydrogen (secondary N) is 1. The number of carbonyl (C=O) groups is 2. The normalized spacial score (nSPS) is 11.8. The maximum atomic E-state index is 11.3. The maximum absolute atomic E-state index is 11.3. The molecule has 0 radical (unpaired) electrons. The Kier molecular flexibility index (Phi) is 6.24. The third-order valence-electron chi connectivity index (χ3n) is 2.12. The molecule has 1 unspecified atom stereocenters. The van der Waals surface area contributed by atoms with E-state index in [2.05, 4.69) is 5.32 Å². The number of hydrogen-bond acceptors (Lipinski definition) is 4. The van der Waals surface area contributed by atoms with Crippen LogP contribution < -0.4 is 5.32 Å². The van der Waals surface area contributed by atoms with Gasteiger partial charge in [-0.3, -0.25) is 4.79 Å². The zero-order valence-electron chi connectivity index (χ0n) is 9.70. The number of aliphatic hydroxyl groups is 1. The van der Waals surface area contributed by atoms with Crippen molar-refractivity contribution in [1.29, 1.82) is 0 Å². The number of carboxylic acids is 1. The molecular formula is C12H15NO4S. The fraction of sp³-hybridized carbons (Fsp3) is 0.333. The van der Waals surface area contributed by atoms with Crippen LogP contribution >= 0.6 is 11.8 Å². The summed E-state index contributed by atoms with van der Waals surface area (Å²) < 4.78 is 0. The Bertz CT molecular complexity index is 396. The summed E-state index contributed by atoms with van der Waals surface area (Å²) in [6, 6.07) is 9.68. The first-order valence-electron chi connectivity index (χ1n) is 5.45. The largest absolute Gasteiger partial charge is 0.479 e. The third-order valence-corrected chi connectivity index (χ3v) is 3.13. The van der Waals surface area contributed by atoms with Crippen molar-refractivity contribution in [2.45, 2.75) is 17.4 Å². The van der Waals surface area contributed by atoms with E-state index in [0.717, 1.165) is 4.90 Å². The van der Waals surface area contributed by atoms with E-state index in [9.17, 15) is 9.59 Å². The van der Waals surface area contributed by atoms with E-state index in [4.69, 9.17) is 10.2 Å². The molecule has 1 amide bonds. The highest BCUT2D eigenvalue weighted by molar-refractivity contribution is 7.99. The highest BCUT2D eigenvalue weighted by Gasteiger charge is 2.13. The molecule has 1 aromatic carbocycles. The molecule has 1 rings (SSSR count). The van der Waals surface area contributed by atoms with E-state index >= 15 is 0 Å². The van der Waals surface area contributed by atoms with Crippen molar-refractivity contribution in [3.05, 3.63) is 30.3 Å². The van der Waals surface area contributed by atoms with E-state index in [1.807, 2.05) is 30.3 Å². The molecule has 1 atom stereocenters. The molecule has 0 bridgehead atoms. The van der Waals surface area contributed by atoms with Crippen molar-refractivity contribution in [1.82, 2.24) is 5.32 Å². The van der Waals surface area contributed by atoms with Gasteiger partial charge in [0.15, 0.2) is 6.10 Å². The molecule has 5 nitrogen and oxygen atoms in total. The molecule has 0 saturated carbocycles. The number of thioether (sulfide) groups is 1. The molecule has 98 valence electrons. The summed E-state index contributed by atoms with van der Waals surface area (Å²) in [7, 11) is 0. The van der Waals surface area contributed by atoms with Gasteiger partial charge in [-0.1, -0.05) is 18.2 Å². The average molecular weight is 269 g/mol. The van der Waals surface area contributed by atoms with Crippen LogP contribution in [0.4, 0.5) is 0 Å². The minimum absolute atomic E-state index is 0.260. The van der Waals surface area contributed by atoms with Crippen LogP contribution in [0.25, 0.3) is 0 Å². The van der Waals surface area contributed by atoms with Crippen molar-refractivity contribution < 1.29 is 19.8 Å². The van der Waals surface area contributed by atoms with Crippen LogP contribution in [-0.2, 0) is 9.59 Å². The predicted molar refractivity (Wildman–Crippen MR) is 68.4 cm³/mol. The van der Waals surface area contributed by atoms with Gasteiger partial charge < -0.3 is 15.5 Å². The summed E-state index contributed by atoms with van der Waals surface area (Å²) in [4.78, 5) is 22.7. The molecule has 0 fully saturated rings. The highest BCUT2D eigenvalue weighted by Crippen LogP contribution is 2.17. The van der Waals surface area contributed by atoms with E-state index in [1.165, 1.54) is 0 Å². The van der Waals surface area contributed by atoms with Crippen molar-refractivity contribution in [2.24, 2.45) is 0 Å². The zero-order valence-corrected chi connectivity index (χ0v) is 10.5. The summed E-state index contributed by atoms with van der Waals surface area (Å²) in [6.07, 6.45) is -1.26. The Balaban J connectivity index is 2.16. The molecule has 3 N–H and O–H groups in total. The van der Waals surface area contributed by atoms with Crippen LogP contribution in [0.2, 0.25) is 0 Å². The molecule has 0 spiro atoms. The van der Waals surface area contributed by atoms with Crippen molar-refractivity contribution in [2.75, 3.05) is 12.3 Å². The highest BCUT2D eigenvalue weighted by atomic mass is 32.2. The van der Waals surface area contributed by atoms with Crippen LogP contribution in [0.1, 0.15) is 6.42 Å². The number of benzene rings is 1. The van der Waals surface area contributed by atoms with Crippen LogP contribution in [-0.4, -0.2) is 40.5 Å². The fourth-order valence-corrected chi connectivity index (χ4v) is 2.04. The van der Waals surface area contributed by atoms with Gasteiger partial charge in [0, 0.05) is 17.1 Å². The Morgan fingerprint density at radius 3 is 2.56 bits per heavy atom. The summed E-state index contributed by atoms with van der Waals surface area (Å²) in [5, 5.41) is 19.7. The summed E-state index contributed by atoms with van der Waals surface area (Å²) >= 11 is 1.55. The number of hydrogen-bond donors (Lipinski definition) is 3. The van der Waals surface area contributed by atoms with E-state index in [0.29, 0.717) is 5.75 Å². The number of carbonyl (C=O) groups excluding carboxylic acids is 1. The van der Waals surface area contributed by atoms with Gasteiger partial charge in [0.1, 0.15) is 0 Å². The predicted octanol–water partition coefficient (Wildman–Crippen LogP) is 0.731. The van der Waals surface area contributed by atoms with E-state index in [-0.39, 0.29) is 18.9 Å². The Morgan fingerprint density at radius 1 is 1.28 bits per heavy atom. The second-order valence-electron chi connectivity index (χ2n) is 3.57. The molecule has 1 aromatic rings. The summed E-state index contributed by atoms with van der Waals surface area (Å²) in [6.45, 7) is -0.260. The van der Waals surface area contributed by atoms with Crippen molar-refractivity contribution in [3.8, 4) is 0 Å². The van der Waals surface area contributed by atoms with Crippen molar-refractivity contribution >= 4 is 23.6 Å². The van der Waals surface area contributed by atoms with E-state index < -0.39 is 12.1 Å². The SMILES string of the molecule is O=C(CCSc1ccccc1)NCC(O)C(=O)O. The second-order valence-corrected chi connectivity index (χ2v) is 4.74. The zero-order chi connectivity index (χ0) is 13.4. The summed E-state index contributed by atoms with van der Waals surface area (Å²) in [5.74, 6) is -0.994. The van der Waals surface area contributed by atoms with Gasteiger partial charge in [0.25, 0.3) is 0 Å². The minimum Gasteiger partial charge on any atom is -0.479 e. The topological polar surface area (TPSA) is 86.6 Å². The second kappa shape index (κ2) is 7.73. The molecule has 0 aromatic heterocycles. The quantitative estimate of drug-likeness (QED) is 0.635. The first kappa shape index (κ1) is 14.5. The van der Waals surface area contributed by atoms with Gasteiger partial charge in [0.05, 0.1) is 6.54 Å². The van der Waals surface area contributed by atoms with E-state index in [1.54, 1.807) is 11.8 Å². The lowest BCUT2D eigenvalue weighted by molar-refractivity contribution is -0.146. The third kappa shape index (κ3) is 5.70. The van der Waals surface area contributed by atoms with Gasteiger partial charge in [-0.15, -0.1) is 11.8 Å². The Morgan fingerprint density at radius 2 is 1.94 bits per heavy atom. The van der Waals surface area contributed by atoms with Gasteiger partial charge in [-0.25, -0.2) is 4.79 Å². The molecule has 0 heterocycles. The molecule has 18 heavy (non-hydrogen) atoms. The van der Waals surface area contributed by atoms with Gasteiger partial charge >= 0.3 is 5.97 Å². The fourth-order valence-electron chi connectivity index (χ4n) is 1.16. The van der Waals surface area contributed by atoms with Crippen LogP contribution in [0.3, 0.4) is 0 Å². The monoisotopic (exact) mass is 269 g/mol. The lowest BCUT2D eigenvalue weighted by Gasteiger charge is -2.07. The Labute approximate surface area is 109 Å². The standard InChI is InChI=1S/C12H15NO4S/c14-10(12(16)17)8-13-11(15)6-7-18-9-4-2-1-3-5-9/h1-5,10,14H,6-8H2,(H,13,15)(H,16,17). The first-order chi connectivity index (χ1) is 8.59. The van der Waals surface area contributed by atoms with Gasteiger partial charge in [-0.2, -0.15) is 0 Å². The van der Waals surface area contributed by atoms with Crippen molar-refractivity contribution in [3.63, 3.8) is 0 Å². The molecular weight excluding hydrogens is 254 g/mol. The van der Waals surface area contributed by atoms with Crippen LogP contribution in [0.15, 0.2) is 35.2 Å². The van der Waals surface area contributed by atoms with Crippen LogP contribution in [0.5, 0.6) is 0 Å². The number of aliphatic carboxylic acids is 1. The van der Waals surface area contributed by atoms with Gasteiger partial charge in [0.2, 0.25) is 5.91 Å². The Hall–Kier alpha value is -1.53. The number of aliphatic hydroxyl groups excluding tert-OH is 1. The molecule has 0 saturated heterocycles. The molecule has 0 aliphatic carbocycles. The molecule has 6 heteroatoms. The maximum Gasteiger partial charge on any atom is 0.334 e. The lowest BCUT2D eigenvalue weighted by Crippen LogP contribution is -2.36. The average Bonchev–Trinajstić information content (AvgIpc) is 2.37. The van der Waals surface area contributed by atoms with Crippen LogP contribution in [0, 0.1) is 0 Å². The number of rotatable bonds is 7. The number of amides is 1.